The summed E-state index contributed by atoms with van der Waals surface area (Å²) >= 11 is 11.2. The Morgan fingerprint density at radius 3 is 2.42 bits per heavy atom. The number of alkyl halides is 2. The van der Waals surface area contributed by atoms with E-state index in [1.807, 2.05) is 32.0 Å². The van der Waals surface area contributed by atoms with Gasteiger partial charge in [0.1, 0.15) is 5.75 Å². The van der Waals surface area contributed by atoms with Gasteiger partial charge in [0.15, 0.2) is 4.84 Å². The summed E-state index contributed by atoms with van der Waals surface area (Å²) < 4.78 is 5.82. The smallest absolute Gasteiger partial charge is 0.255 e. The Kier molecular flexibility index (Phi) is 8.04. The van der Waals surface area contributed by atoms with Crippen LogP contribution in [-0.2, 0) is 9.59 Å². The van der Waals surface area contributed by atoms with Crippen molar-refractivity contribution in [2.24, 2.45) is 0 Å². The molecule has 2 rings (SSSR count). The lowest BCUT2D eigenvalue weighted by Gasteiger charge is -2.32. The van der Waals surface area contributed by atoms with Gasteiger partial charge in [-0.2, -0.15) is 0 Å². The van der Waals surface area contributed by atoms with E-state index < -0.39 is 4.84 Å². The molecule has 0 unspecified atom stereocenters. The Hall–Kier alpha value is -1.46. The number of halogens is 2. The quantitative estimate of drug-likeness (QED) is 0.563. The number of hydrogen-bond donors (Lipinski definition) is 1. The molecule has 1 aliphatic rings. The van der Waals surface area contributed by atoms with Gasteiger partial charge in [-0.05, 0) is 44.2 Å². The van der Waals surface area contributed by atoms with Crippen LogP contribution in [0, 0.1) is 13.8 Å². The third-order valence-electron chi connectivity index (χ3n) is 4.56. The van der Waals surface area contributed by atoms with E-state index in [0.29, 0.717) is 32.5 Å². The molecule has 26 heavy (non-hydrogen) atoms. The number of likely N-dealkylation sites (tertiary alicyclic amines) is 1. The van der Waals surface area contributed by atoms with Gasteiger partial charge in [-0.25, -0.2) is 0 Å². The number of aryl methyl sites for hydroxylation is 2. The lowest BCUT2D eigenvalue weighted by Crippen LogP contribution is -2.47. The van der Waals surface area contributed by atoms with Crippen LogP contribution in [-0.4, -0.2) is 47.3 Å². The Morgan fingerprint density at radius 2 is 1.85 bits per heavy atom. The number of carbonyl (C=O) groups excluding carboxylic acids is 2. The molecule has 2 amide bonds. The molecule has 1 N–H and O–H groups in total. The van der Waals surface area contributed by atoms with Crippen LogP contribution in [0.15, 0.2) is 18.2 Å². The summed E-state index contributed by atoms with van der Waals surface area (Å²) in [4.78, 5) is 24.4. The van der Waals surface area contributed by atoms with Crippen molar-refractivity contribution >= 4 is 35.0 Å². The Balaban J connectivity index is 1.65. The van der Waals surface area contributed by atoms with E-state index in [0.717, 1.165) is 29.7 Å². The van der Waals surface area contributed by atoms with Gasteiger partial charge in [-0.3, -0.25) is 9.59 Å². The van der Waals surface area contributed by atoms with Crippen molar-refractivity contribution in [2.75, 3.05) is 19.7 Å². The minimum Gasteiger partial charge on any atom is -0.493 e. The molecule has 0 atom stereocenters. The Labute approximate surface area is 165 Å². The number of piperidine rings is 1. The fraction of sp³-hybridized carbons (Fsp3) is 0.579. The molecule has 1 saturated heterocycles. The summed E-state index contributed by atoms with van der Waals surface area (Å²) in [5.41, 5.74) is 2.21. The maximum absolute atomic E-state index is 12.1. The first-order valence-corrected chi connectivity index (χ1v) is 9.81. The van der Waals surface area contributed by atoms with Crippen LogP contribution in [0.2, 0.25) is 0 Å². The predicted octanol–water partition coefficient (Wildman–Crippen LogP) is 3.37. The van der Waals surface area contributed by atoms with Crippen LogP contribution in [0.5, 0.6) is 5.75 Å². The van der Waals surface area contributed by atoms with E-state index in [-0.39, 0.29) is 17.9 Å². The molecule has 144 valence electrons. The second kappa shape index (κ2) is 10.0. The van der Waals surface area contributed by atoms with Gasteiger partial charge in [-0.1, -0.05) is 41.4 Å². The molecule has 5 nitrogen and oxygen atoms in total. The normalized spacial score (nSPS) is 15.2. The summed E-state index contributed by atoms with van der Waals surface area (Å²) in [7, 11) is 0. The zero-order chi connectivity index (χ0) is 19.1. The topological polar surface area (TPSA) is 58.6 Å². The molecule has 1 heterocycles. The van der Waals surface area contributed by atoms with Crippen LogP contribution in [0.25, 0.3) is 0 Å². The number of hydrogen-bond acceptors (Lipinski definition) is 3. The van der Waals surface area contributed by atoms with E-state index in [1.165, 1.54) is 0 Å². The number of carbonyl (C=O) groups is 2. The Bertz CT molecular complexity index is 609. The highest BCUT2D eigenvalue weighted by Gasteiger charge is 2.26. The molecule has 0 saturated carbocycles. The number of amides is 2. The van der Waals surface area contributed by atoms with Gasteiger partial charge in [0, 0.05) is 25.6 Å². The maximum atomic E-state index is 12.1. The van der Waals surface area contributed by atoms with Gasteiger partial charge >= 0.3 is 0 Å². The summed E-state index contributed by atoms with van der Waals surface area (Å²) in [6.07, 6.45) is 2.53. The third-order valence-corrected chi connectivity index (χ3v) is 4.94. The number of ether oxygens (including phenoxy) is 1. The monoisotopic (exact) mass is 400 g/mol. The van der Waals surface area contributed by atoms with E-state index in [1.54, 1.807) is 4.90 Å². The van der Waals surface area contributed by atoms with Crippen molar-refractivity contribution in [2.45, 2.75) is 50.4 Å². The summed E-state index contributed by atoms with van der Waals surface area (Å²) in [5.74, 6) is 0.663. The highest BCUT2D eigenvalue weighted by Crippen LogP contribution is 2.22. The molecular weight excluding hydrogens is 375 g/mol. The van der Waals surface area contributed by atoms with Gasteiger partial charge in [-0.15, -0.1) is 0 Å². The number of benzene rings is 1. The minimum atomic E-state index is -1.02. The summed E-state index contributed by atoms with van der Waals surface area (Å²) in [6.45, 7) is 5.68. The van der Waals surface area contributed by atoms with Crippen LogP contribution >= 0.6 is 23.2 Å². The molecule has 1 fully saturated rings. The first-order valence-electron chi connectivity index (χ1n) is 8.93. The molecule has 1 aromatic carbocycles. The largest absolute Gasteiger partial charge is 0.493 e. The molecule has 1 aromatic rings. The average Bonchev–Trinajstić information content (AvgIpc) is 2.60. The second-order valence-corrected chi connectivity index (χ2v) is 7.74. The van der Waals surface area contributed by atoms with E-state index >= 15 is 0 Å². The average molecular weight is 401 g/mol. The van der Waals surface area contributed by atoms with Crippen molar-refractivity contribution in [1.82, 2.24) is 10.2 Å². The van der Waals surface area contributed by atoms with Crippen molar-refractivity contribution in [3.05, 3.63) is 29.3 Å². The molecule has 1 aliphatic heterocycles. The van der Waals surface area contributed by atoms with Gasteiger partial charge < -0.3 is 15.0 Å². The molecule has 0 bridgehead atoms. The first-order chi connectivity index (χ1) is 12.4. The molecule has 0 spiro atoms. The predicted molar refractivity (Wildman–Crippen MR) is 104 cm³/mol. The number of rotatable bonds is 7. The first kappa shape index (κ1) is 20.8. The zero-order valence-corrected chi connectivity index (χ0v) is 16.8. The van der Waals surface area contributed by atoms with E-state index in [4.69, 9.17) is 27.9 Å². The second-order valence-electron chi connectivity index (χ2n) is 6.64. The van der Waals surface area contributed by atoms with Crippen molar-refractivity contribution in [3.8, 4) is 5.75 Å². The van der Waals surface area contributed by atoms with E-state index in [2.05, 4.69) is 5.32 Å². The lowest BCUT2D eigenvalue weighted by atomic mass is 10.0. The van der Waals surface area contributed by atoms with Gasteiger partial charge in [0.25, 0.3) is 5.91 Å². The highest BCUT2D eigenvalue weighted by molar-refractivity contribution is 6.53. The summed E-state index contributed by atoms with van der Waals surface area (Å²) in [5, 5.41) is 3.03. The molecule has 0 radical (unpaired) electrons. The molecule has 0 aromatic heterocycles. The van der Waals surface area contributed by atoms with Gasteiger partial charge in [0.05, 0.1) is 6.61 Å². The fourth-order valence-corrected chi connectivity index (χ4v) is 3.39. The third kappa shape index (κ3) is 6.06. The minimum absolute atomic E-state index is 0.0208. The number of para-hydroxylation sites is 1. The molecule has 0 aliphatic carbocycles. The lowest BCUT2D eigenvalue weighted by molar-refractivity contribution is -0.130. The zero-order valence-electron chi connectivity index (χ0n) is 15.3. The van der Waals surface area contributed by atoms with E-state index in [9.17, 15) is 9.59 Å². The van der Waals surface area contributed by atoms with Crippen LogP contribution in [0.3, 0.4) is 0 Å². The maximum Gasteiger partial charge on any atom is 0.255 e. The van der Waals surface area contributed by atoms with Crippen LogP contribution in [0.1, 0.15) is 36.8 Å². The van der Waals surface area contributed by atoms with Gasteiger partial charge in [0.2, 0.25) is 5.91 Å². The molecule has 7 heteroatoms. The standard InChI is InChI=1S/C19H26Cl2N2O3/c1-13-5-3-6-14(2)17(13)26-12-4-7-16(24)22-15-8-10-23(11-9-15)19(25)18(20)21/h3,5-6,15,18H,4,7-12H2,1-2H3,(H,22,24). The van der Waals surface area contributed by atoms with Crippen molar-refractivity contribution in [1.29, 1.82) is 0 Å². The van der Waals surface area contributed by atoms with Crippen LogP contribution < -0.4 is 10.1 Å². The van der Waals surface area contributed by atoms with Crippen molar-refractivity contribution < 1.29 is 14.3 Å². The molecular formula is C19H26Cl2N2O3. The summed E-state index contributed by atoms with van der Waals surface area (Å²) in [6, 6.07) is 6.13. The Morgan fingerprint density at radius 1 is 1.23 bits per heavy atom. The van der Waals surface area contributed by atoms with Crippen LogP contribution in [0.4, 0.5) is 0 Å². The highest BCUT2D eigenvalue weighted by atomic mass is 35.5. The number of nitrogens with one attached hydrogen (secondary N) is 1. The fourth-order valence-electron chi connectivity index (χ4n) is 3.12. The number of nitrogens with zero attached hydrogens (tertiary/aromatic N) is 1. The van der Waals surface area contributed by atoms with Crippen molar-refractivity contribution in [3.63, 3.8) is 0 Å². The SMILES string of the molecule is Cc1cccc(C)c1OCCCC(=O)NC1CCN(C(=O)C(Cl)Cl)CC1.